The van der Waals surface area contributed by atoms with Crippen molar-refractivity contribution < 1.29 is 0 Å². The Morgan fingerprint density at radius 1 is 1.24 bits per heavy atom. The van der Waals surface area contributed by atoms with Gasteiger partial charge in [0.2, 0.25) is 0 Å². The Labute approximate surface area is 108 Å². The molecule has 0 aliphatic carbocycles. The van der Waals surface area contributed by atoms with Crippen molar-refractivity contribution in [2.75, 3.05) is 30.5 Å². The molecule has 0 aromatic carbocycles. The third kappa shape index (κ3) is 4.42. The van der Waals surface area contributed by atoms with Gasteiger partial charge in [-0.15, -0.1) is 0 Å². The van der Waals surface area contributed by atoms with Crippen molar-refractivity contribution in [1.29, 1.82) is 0 Å². The predicted molar refractivity (Wildman–Crippen MR) is 75.9 cm³/mol. The largest absolute Gasteiger partial charge is 0.373 e. The molecule has 0 fully saturated rings. The van der Waals surface area contributed by atoms with Gasteiger partial charge < -0.3 is 10.6 Å². The number of rotatable bonds is 7. The van der Waals surface area contributed by atoms with Crippen LogP contribution in [0, 0.1) is 5.92 Å². The first-order valence-electron chi connectivity index (χ1n) is 6.08. The summed E-state index contributed by atoms with van der Waals surface area (Å²) in [4.78, 5) is 8.78. The van der Waals surface area contributed by atoms with E-state index in [1.165, 1.54) is 12.8 Å². The van der Waals surface area contributed by atoms with Crippen molar-refractivity contribution >= 4 is 23.4 Å². The average molecular weight is 254 g/mol. The average Bonchev–Trinajstić information content (AvgIpc) is 2.39. The lowest BCUT2D eigenvalue weighted by molar-refractivity contribution is 0.518. The molecule has 1 rings (SSSR count). The molecule has 0 saturated heterocycles. The van der Waals surface area contributed by atoms with Gasteiger partial charge in [0, 0.05) is 19.7 Å². The van der Waals surface area contributed by atoms with Crippen LogP contribution in [0.4, 0.5) is 11.6 Å². The Bertz CT molecular complexity index is 317. The van der Waals surface area contributed by atoms with Crippen molar-refractivity contribution in [3.8, 4) is 0 Å². The maximum absolute atomic E-state index is 4.44. The van der Waals surface area contributed by atoms with Gasteiger partial charge >= 0.3 is 0 Å². The minimum Gasteiger partial charge on any atom is -0.373 e. The lowest BCUT2D eigenvalue weighted by Crippen LogP contribution is -2.14. The molecule has 1 heterocycles. The van der Waals surface area contributed by atoms with Crippen LogP contribution < -0.4 is 10.6 Å². The molecule has 96 valence electrons. The molecule has 1 aromatic heterocycles. The number of nitrogens with zero attached hydrogens (tertiary/aromatic N) is 2. The quantitative estimate of drug-likeness (QED) is 0.578. The van der Waals surface area contributed by atoms with E-state index in [4.69, 9.17) is 0 Å². The zero-order valence-corrected chi connectivity index (χ0v) is 11.9. The highest BCUT2D eigenvalue weighted by atomic mass is 32.2. The Kier molecular flexibility index (Phi) is 6.11. The summed E-state index contributed by atoms with van der Waals surface area (Å²) in [6, 6.07) is 1.95. The van der Waals surface area contributed by atoms with E-state index in [-0.39, 0.29) is 0 Å². The number of aromatic nitrogens is 2. The number of nitrogens with one attached hydrogen (secondary N) is 2. The van der Waals surface area contributed by atoms with Crippen LogP contribution in [-0.2, 0) is 0 Å². The third-order valence-electron chi connectivity index (χ3n) is 2.87. The SMILES string of the molecule is CCC(CC)CNc1cc(NC)nc(SC)n1. The van der Waals surface area contributed by atoms with E-state index in [0.29, 0.717) is 5.92 Å². The fourth-order valence-corrected chi connectivity index (χ4v) is 1.94. The van der Waals surface area contributed by atoms with Gasteiger partial charge in [-0.05, 0) is 12.2 Å². The summed E-state index contributed by atoms with van der Waals surface area (Å²) in [6.07, 6.45) is 4.38. The maximum atomic E-state index is 4.44. The van der Waals surface area contributed by atoms with E-state index in [2.05, 4.69) is 34.4 Å². The van der Waals surface area contributed by atoms with Gasteiger partial charge in [0.15, 0.2) is 5.16 Å². The van der Waals surface area contributed by atoms with Crippen LogP contribution in [0.3, 0.4) is 0 Å². The van der Waals surface area contributed by atoms with Gasteiger partial charge in [0.1, 0.15) is 11.6 Å². The van der Waals surface area contributed by atoms with Crippen LogP contribution >= 0.6 is 11.8 Å². The second-order valence-electron chi connectivity index (χ2n) is 3.94. The Hall–Kier alpha value is -0.970. The molecule has 0 aliphatic rings. The number of thioether (sulfide) groups is 1. The zero-order chi connectivity index (χ0) is 12.7. The maximum Gasteiger partial charge on any atom is 0.191 e. The van der Waals surface area contributed by atoms with E-state index >= 15 is 0 Å². The third-order valence-corrected chi connectivity index (χ3v) is 3.42. The molecule has 0 amide bonds. The summed E-state index contributed by atoms with van der Waals surface area (Å²) in [6.45, 7) is 5.42. The monoisotopic (exact) mass is 254 g/mol. The van der Waals surface area contributed by atoms with Gasteiger partial charge in [-0.2, -0.15) is 0 Å². The lowest BCUT2D eigenvalue weighted by Gasteiger charge is -2.14. The van der Waals surface area contributed by atoms with Gasteiger partial charge in [0.05, 0.1) is 0 Å². The number of hydrogen-bond donors (Lipinski definition) is 2. The van der Waals surface area contributed by atoms with E-state index < -0.39 is 0 Å². The van der Waals surface area contributed by atoms with Crippen molar-refractivity contribution in [3.05, 3.63) is 6.07 Å². The van der Waals surface area contributed by atoms with Crippen LogP contribution in [0.1, 0.15) is 26.7 Å². The molecule has 0 atom stereocenters. The highest BCUT2D eigenvalue weighted by Crippen LogP contribution is 2.17. The van der Waals surface area contributed by atoms with Gasteiger partial charge in [-0.3, -0.25) is 0 Å². The van der Waals surface area contributed by atoms with Crippen molar-refractivity contribution in [3.63, 3.8) is 0 Å². The minimum absolute atomic E-state index is 0.709. The van der Waals surface area contributed by atoms with Gasteiger partial charge in [0.25, 0.3) is 0 Å². The van der Waals surface area contributed by atoms with Gasteiger partial charge in [-0.1, -0.05) is 38.5 Å². The molecule has 1 aromatic rings. The number of hydrogen-bond acceptors (Lipinski definition) is 5. The van der Waals surface area contributed by atoms with E-state index in [0.717, 1.165) is 23.3 Å². The van der Waals surface area contributed by atoms with Crippen LogP contribution in [0.2, 0.25) is 0 Å². The molecule has 4 nitrogen and oxygen atoms in total. The van der Waals surface area contributed by atoms with Crippen LogP contribution in [0.25, 0.3) is 0 Å². The second-order valence-corrected chi connectivity index (χ2v) is 4.71. The zero-order valence-electron chi connectivity index (χ0n) is 11.1. The molecule has 0 aliphatic heterocycles. The first kappa shape index (κ1) is 14.1. The molecular weight excluding hydrogens is 232 g/mol. The normalized spacial score (nSPS) is 10.6. The van der Waals surface area contributed by atoms with Crippen LogP contribution in [0.15, 0.2) is 11.2 Å². The molecular formula is C12H22N4S. The van der Waals surface area contributed by atoms with E-state index in [1.54, 1.807) is 11.8 Å². The Morgan fingerprint density at radius 2 is 1.88 bits per heavy atom. The number of anilines is 2. The first-order valence-corrected chi connectivity index (χ1v) is 7.30. The lowest BCUT2D eigenvalue weighted by atomic mass is 10.0. The summed E-state index contributed by atoms with van der Waals surface area (Å²) in [5.74, 6) is 2.47. The molecule has 0 saturated carbocycles. The predicted octanol–water partition coefficient (Wildman–Crippen LogP) is 3.09. The molecule has 0 bridgehead atoms. The van der Waals surface area contributed by atoms with Gasteiger partial charge in [-0.25, -0.2) is 9.97 Å². The molecule has 2 N–H and O–H groups in total. The fraction of sp³-hybridized carbons (Fsp3) is 0.667. The van der Waals surface area contributed by atoms with E-state index in [9.17, 15) is 0 Å². The summed E-state index contributed by atoms with van der Waals surface area (Å²) in [5, 5.41) is 7.24. The highest BCUT2D eigenvalue weighted by molar-refractivity contribution is 7.98. The van der Waals surface area contributed by atoms with E-state index in [1.807, 2.05) is 19.4 Å². The Morgan fingerprint density at radius 3 is 2.41 bits per heavy atom. The second kappa shape index (κ2) is 7.37. The van der Waals surface area contributed by atoms with Crippen LogP contribution in [-0.4, -0.2) is 29.8 Å². The summed E-state index contributed by atoms with van der Waals surface area (Å²) in [5.41, 5.74) is 0. The summed E-state index contributed by atoms with van der Waals surface area (Å²) < 4.78 is 0. The summed E-state index contributed by atoms with van der Waals surface area (Å²) in [7, 11) is 1.87. The van der Waals surface area contributed by atoms with Crippen molar-refractivity contribution in [2.24, 2.45) is 5.92 Å². The first-order chi connectivity index (χ1) is 8.23. The molecule has 5 heteroatoms. The van der Waals surface area contributed by atoms with Crippen molar-refractivity contribution in [1.82, 2.24) is 9.97 Å². The minimum atomic E-state index is 0.709. The molecule has 0 radical (unpaired) electrons. The summed E-state index contributed by atoms with van der Waals surface area (Å²) >= 11 is 1.56. The smallest absolute Gasteiger partial charge is 0.191 e. The fourth-order valence-electron chi connectivity index (χ4n) is 1.56. The van der Waals surface area contributed by atoms with Crippen LogP contribution in [0.5, 0.6) is 0 Å². The molecule has 0 spiro atoms. The van der Waals surface area contributed by atoms with Crippen molar-refractivity contribution in [2.45, 2.75) is 31.8 Å². The molecule has 0 unspecified atom stereocenters. The topological polar surface area (TPSA) is 49.8 Å². The standard InChI is InChI=1S/C12H22N4S/c1-5-9(6-2)8-14-11-7-10(13-3)15-12(16-11)17-4/h7,9H,5-6,8H2,1-4H3,(H2,13,14,15,16). The Balaban J connectivity index is 2.69. The highest BCUT2D eigenvalue weighted by Gasteiger charge is 2.06. The molecule has 17 heavy (non-hydrogen) atoms.